The van der Waals surface area contributed by atoms with Crippen LogP contribution in [0.15, 0.2) is 0 Å². The lowest BCUT2D eigenvalue weighted by Crippen LogP contribution is -2.50. The molecule has 6 nitrogen and oxygen atoms in total. The highest BCUT2D eigenvalue weighted by Gasteiger charge is 2.37. The molecule has 0 aliphatic carbocycles. The van der Waals surface area contributed by atoms with E-state index in [1.165, 1.54) is 13.3 Å². The lowest BCUT2D eigenvalue weighted by atomic mass is 10.1. The van der Waals surface area contributed by atoms with Crippen LogP contribution in [-0.2, 0) is 4.79 Å². The topological polar surface area (TPSA) is 81.7 Å². The molecule has 2 heterocycles. The first-order valence-electron chi connectivity index (χ1n) is 6.12. The van der Waals surface area contributed by atoms with Gasteiger partial charge in [0.05, 0.1) is 0 Å². The van der Waals surface area contributed by atoms with E-state index in [1.807, 2.05) is 0 Å². The van der Waals surface area contributed by atoms with Crippen LogP contribution in [0.3, 0.4) is 0 Å². The molecular formula is C11H19N3O3. The summed E-state index contributed by atoms with van der Waals surface area (Å²) in [6.45, 7) is 3.61. The van der Waals surface area contributed by atoms with Gasteiger partial charge in [0, 0.05) is 18.6 Å². The quantitative estimate of drug-likeness (QED) is 0.649. The molecule has 3 N–H and O–H groups in total. The predicted molar refractivity (Wildman–Crippen MR) is 61.8 cm³/mol. The molecule has 2 aliphatic heterocycles. The molecule has 2 rings (SSSR count). The van der Waals surface area contributed by atoms with E-state index in [0.29, 0.717) is 6.04 Å². The van der Waals surface area contributed by atoms with E-state index in [9.17, 15) is 9.59 Å². The number of fused-ring (bicyclic) bond motifs is 1. The number of hydrogen-bond donors (Lipinski definition) is 3. The van der Waals surface area contributed by atoms with Gasteiger partial charge in [-0.1, -0.05) is 0 Å². The van der Waals surface area contributed by atoms with Crippen LogP contribution in [0.5, 0.6) is 0 Å². The highest BCUT2D eigenvalue weighted by Crippen LogP contribution is 2.27. The molecule has 2 fully saturated rings. The van der Waals surface area contributed by atoms with Crippen LogP contribution in [0, 0.1) is 0 Å². The Balaban J connectivity index is 1.81. The summed E-state index contributed by atoms with van der Waals surface area (Å²) in [5.74, 6) is -1.02. The number of hydrogen-bond acceptors (Lipinski definition) is 3. The van der Waals surface area contributed by atoms with Gasteiger partial charge in [0.25, 0.3) is 0 Å². The Labute approximate surface area is 100 Å². The van der Waals surface area contributed by atoms with Crippen LogP contribution in [0.1, 0.15) is 26.2 Å². The zero-order chi connectivity index (χ0) is 12.4. The van der Waals surface area contributed by atoms with Crippen molar-refractivity contribution in [3.05, 3.63) is 0 Å². The second-order valence-electron chi connectivity index (χ2n) is 4.82. The van der Waals surface area contributed by atoms with Gasteiger partial charge < -0.3 is 15.7 Å². The number of nitrogens with zero attached hydrogens (tertiary/aromatic N) is 1. The minimum absolute atomic E-state index is 0.165. The normalized spacial score (nSPS) is 29.7. The van der Waals surface area contributed by atoms with Gasteiger partial charge in [-0.25, -0.2) is 4.79 Å². The number of carboxylic acid groups (broad SMARTS) is 1. The van der Waals surface area contributed by atoms with Gasteiger partial charge >= 0.3 is 12.0 Å². The van der Waals surface area contributed by atoms with Crippen LogP contribution in [0.25, 0.3) is 0 Å². The number of aliphatic carboxylic acids is 1. The first kappa shape index (κ1) is 12.2. The molecule has 0 aromatic carbocycles. The summed E-state index contributed by atoms with van der Waals surface area (Å²) >= 11 is 0. The Morgan fingerprint density at radius 1 is 1.35 bits per heavy atom. The van der Waals surface area contributed by atoms with Crippen molar-refractivity contribution in [1.29, 1.82) is 0 Å². The number of nitrogens with one attached hydrogen (secondary N) is 2. The van der Waals surface area contributed by atoms with Crippen LogP contribution in [0.4, 0.5) is 4.79 Å². The average Bonchev–Trinajstić information content (AvgIpc) is 2.82. The van der Waals surface area contributed by atoms with Gasteiger partial charge in [-0.3, -0.25) is 9.69 Å². The molecule has 0 radical (unpaired) electrons. The Morgan fingerprint density at radius 2 is 2.12 bits per heavy atom. The fourth-order valence-electron chi connectivity index (χ4n) is 2.72. The molecule has 3 atom stereocenters. The summed E-state index contributed by atoms with van der Waals surface area (Å²) in [5.41, 5.74) is 0. The van der Waals surface area contributed by atoms with E-state index >= 15 is 0 Å². The molecule has 0 saturated carbocycles. The van der Waals surface area contributed by atoms with Crippen molar-refractivity contribution in [1.82, 2.24) is 15.5 Å². The second kappa shape index (κ2) is 4.91. The number of urea groups is 1. The molecule has 6 heteroatoms. The van der Waals surface area contributed by atoms with E-state index in [2.05, 4.69) is 15.5 Å². The molecular weight excluding hydrogens is 222 g/mol. The zero-order valence-corrected chi connectivity index (χ0v) is 9.98. The largest absolute Gasteiger partial charge is 0.480 e. The number of amides is 2. The van der Waals surface area contributed by atoms with Crippen molar-refractivity contribution in [3.63, 3.8) is 0 Å². The van der Waals surface area contributed by atoms with Crippen molar-refractivity contribution in [2.24, 2.45) is 0 Å². The van der Waals surface area contributed by atoms with E-state index in [0.717, 1.165) is 25.9 Å². The van der Waals surface area contributed by atoms with Crippen molar-refractivity contribution >= 4 is 12.0 Å². The van der Waals surface area contributed by atoms with Gasteiger partial charge in [-0.05, 0) is 32.7 Å². The smallest absolute Gasteiger partial charge is 0.325 e. The molecule has 96 valence electrons. The van der Waals surface area contributed by atoms with Crippen molar-refractivity contribution < 1.29 is 14.7 Å². The lowest BCUT2D eigenvalue weighted by Gasteiger charge is -2.22. The lowest BCUT2D eigenvalue weighted by molar-refractivity contribution is -0.138. The predicted octanol–water partition coefficient (Wildman–Crippen LogP) is -0.00460. The summed E-state index contributed by atoms with van der Waals surface area (Å²) in [4.78, 5) is 24.6. The van der Waals surface area contributed by atoms with Crippen molar-refractivity contribution in [2.45, 2.75) is 44.3 Å². The number of carbonyl (C=O) groups is 2. The Morgan fingerprint density at radius 3 is 2.82 bits per heavy atom. The number of carboxylic acids is 1. The van der Waals surface area contributed by atoms with Crippen LogP contribution < -0.4 is 10.6 Å². The SMILES string of the molecule is CC(NC(=O)NC1CCN2CCCC12)C(=O)O. The zero-order valence-electron chi connectivity index (χ0n) is 9.98. The standard InChI is InChI=1S/C11H19N3O3/c1-7(10(15)16)12-11(17)13-8-4-6-14-5-2-3-9(8)14/h7-9H,2-6H2,1H3,(H,15,16)(H2,12,13,17). The first-order chi connectivity index (χ1) is 8.08. The third-order valence-electron chi connectivity index (χ3n) is 3.64. The number of rotatable bonds is 3. The monoisotopic (exact) mass is 241 g/mol. The summed E-state index contributed by atoms with van der Waals surface area (Å²) < 4.78 is 0. The van der Waals surface area contributed by atoms with E-state index < -0.39 is 12.0 Å². The molecule has 0 bridgehead atoms. The molecule has 2 aliphatic rings. The van der Waals surface area contributed by atoms with Gasteiger partial charge in [-0.2, -0.15) is 0 Å². The fraction of sp³-hybridized carbons (Fsp3) is 0.818. The Bertz CT molecular complexity index is 321. The third-order valence-corrected chi connectivity index (χ3v) is 3.64. The molecule has 3 unspecified atom stereocenters. The Hall–Kier alpha value is -1.30. The first-order valence-corrected chi connectivity index (χ1v) is 6.12. The molecule has 0 spiro atoms. The maximum absolute atomic E-state index is 11.6. The van der Waals surface area contributed by atoms with E-state index in [4.69, 9.17) is 5.11 Å². The van der Waals surface area contributed by atoms with Crippen LogP contribution >= 0.6 is 0 Å². The van der Waals surface area contributed by atoms with Gasteiger partial charge in [-0.15, -0.1) is 0 Å². The maximum atomic E-state index is 11.6. The van der Waals surface area contributed by atoms with Crippen LogP contribution in [-0.4, -0.2) is 53.2 Å². The highest BCUT2D eigenvalue weighted by atomic mass is 16.4. The maximum Gasteiger partial charge on any atom is 0.325 e. The fourth-order valence-corrected chi connectivity index (χ4v) is 2.72. The van der Waals surface area contributed by atoms with Crippen molar-refractivity contribution in [2.75, 3.05) is 13.1 Å². The highest BCUT2D eigenvalue weighted by molar-refractivity contribution is 5.82. The average molecular weight is 241 g/mol. The minimum atomic E-state index is -1.02. The number of carbonyl (C=O) groups excluding carboxylic acids is 1. The second-order valence-corrected chi connectivity index (χ2v) is 4.82. The molecule has 17 heavy (non-hydrogen) atoms. The minimum Gasteiger partial charge on any atom is -0.480 e. The summed E-state index contributed by atoms with van der Waals surface area (Å²) in [7, 11) is 0. The van der Waals surface area contributed by atoms with Crippen molar-refractivity contribution in [3.8, 4) is 0 Å². The molecule has 2 saturated heterocycles. The molecule has 2 amide bonds. The third kappa shape index (κ3) is 2.69. The van der Waals surface area contributed by atoms with E-state index in [-0.39, 0.29) is 12.1 Å². The summed E-state index contributed by atoms with van der Waals surface area (Å²) in [6, 6.07) is -0.617. The summed E-state index contributed by atoms with van der Waals surface area (Å²) in [5, 5.41) is 14.0. The Kier molecular flexibility index (Phi) is 3.51. The van der Waals surface area contributed by atoms with E-state index in [1.54, 1.807) is 0 Å². The van der Waals surface area contributed by atoms with Gasteiger partial charge in [0.15, 0.2) is 0 Å². The molecule has 0 aromatic heterocycles. The van der Waals surface area contributed by atoms with Gasteiger partial charge in [0.2, 0.25) is 0 Å². The molecule has 0 aromatic rings. The summed E-state index contributed by atoms with van der Waals surface area (Å²) in [6.07, 6.45) is 3.27. The van der Waals surface area contributed by atoms with Gasteiger partial charge in [0.1, 0.15) is 6.04 Å². The van der Waals surface area contributed by atoms with Crippen LogP contribution in [0.2, 0.25) is 0 Å².